The summed E-state index contributed by atoms with van der Waals surface area (Å²) in [7, 11) is 0. The minimum atomic E-state index is -0.978. The zero-order valence-corrected chi connectivity index (χ0v) is 13.3. The Bertz CT molecular complexity index is 967. The Balaban J connectivity index is 2.02. The van der Waals surface area contributed by atoms with Crippen molar-refractivity contribution in [3.05, 3.63) is 64.5 Å². The molecular weight excluding hydrogens is 302 g/mol. The number of nitriles is 1. The van der Waals surface area contributed by atoms with Crippen molar-refractivity contribution in [2.75, 3.05) is 0 Å². The molecule has 0 radical (unpaired) electrons. The molecule has 0 fully saturated rings. The summed E-state index contributed by atoms with van der Waals surface area (Å²) in [6.45, 7) is 4.05. The van der Waals surface area contributed by atoms with Crippen LogP contribution in [0.3, 0.4) is 0 Å². The highest BCUT2D eigenvalue weighted by atomic mass is 16.4. The number of rotatable bonds is 3. The smallest absolute Gasteiger partial charge is 0.335 e. The van der Waals surface area contributed by atoms with Crippen LogP contribution < -0.4 is 0 Å². The van der Waals surface area contributed by atoms with Crippen molar-refractivity contribution < 1.29 is 9.90 Å². The van der Waals surface area contributed by atoms with Gasteiger partial charge in [-0.1, -0.05) is 12.1 Å². The van der Waals surface area contributed by atoms with E-state index in [1.807, 2.05) is 26.0 Å². The van der Waals surface area contributed by atoms with E-state index in [9.17, 15) is 10.1 Å². The van der Waals surface area contributed by atoms with Crippen molar-refractivity contribution in [2.24, 2.45) is 0 Å². The average molecular weight is 317 g/mol. The fraction of sp³-hybridized carbons (Fsp3) is 0.105. The van der Waals surface area contributed by atoms with Crippen LogP contribution in [-0.2, 0) is 0 Å². The quantitative estimate of drug-likeness (QED) is 0.716. The maximum absolute atomic E-state index is 10.9. The molecule has 5 heteroatoms. The van der Waals surface area contributed by atoms with Crippen LogP contribution in [0.2, 0.25) is 0 Å². The lowest BCUT2D eigenvalue weighted by atomic mass is 10.1. The highest BCUT2D eigenvalue weighted by Gasteiger charge is 2.09. The van der Waals surface area contributed by atoms with Gasteiger partial charge in [-0.15, -0.1) is 0 Å². The summed E-state index contributed by atoms with van der Waals surface area (Å²) in [6.07, 6.45) is 1.68. The lowest BCUT2D eigenvalue weighted by Crippen LogP contribution is -1.95. The van der Waals surface area contributed by atoms with Gasteiger partial charge in [-0.2, -0.15) is 5.26 Å². The number of aromatic amines is 1. The second kappa shape index (κ2) is 6.01. The first-order valence-corrected chi connectivity index (χ1v) is 7.40. The number of imidazole rings is 1. The molecule has 0 atom stereocenters. The molecule has 1 heterocycles. The van der Waals surface area contributed by atoms with Crippen LogP contribution in [0.1, 0.15) is 32.9 Å². The highest BCUT2D eigenvalue weighted by molar-refractivity contribution is 5.91. The third-order valence-corrected chi connectivity index (χ3v) is 3.94. The predicted octanol–water partition coefficient (Wildman–Crippen LogP) is 3.94. The number of allylic oxidation sites excluding steroid dienone is 1. The first-order chi connectivity index (χ1) is 11.5. The zero-order valence-electron chi connectivity index (χ0n) is 13.3. The van der Waals surface area contributed by atoms with E-state index >= 15 is 0 Å². The zero-order chi connectivity index (χ0) is 17.3. The van der Waals surface area contributed by atoms with Gasteiger partial charge in [-0.3, -0.25) is 0 Å². The van der Waals surface area contributed by atoms with Crippen LogP contribution in [0.15, 0.2) is 36.4 Å². The molecule has 0 aliphatic rings. The Morgan fingerprint density at radius 2 is 1.88 bits per heavy atom. The van der Waals surface area contributed by atoms with Crippen molar-refractivity contribution in [3.8, 4) is 6.07 Å². The van der Waals surface area contributed by atoms with E-state index in [0.29, 0.717) is 11.4 Å². The Labute approximate surface area is 138 Å². The Morgan fingerprint density at radius 1 is 1.21 bits per heavy atom. The van der Waals surface area contributed by atoms with Gasteiger partial charge < -0.3 is 10.1 Å². The average Bonchev–Trinajstić information content (AvgIpc) is 2.96. The van der Waals surface area contributed by atoms with Gasteiger partial charge in [0.1, 0.15) is 11.9 Å². The van der Waals surface area contributed by atoms with Crippen molar-refractivity contribution in [1.82, 2.24) is 9.97 Å². The molecule has 0 saturated carbocycles. The van der Waals surface area contributed by atoms with Crippen LogP contribution in [0.5, 0.6) is 0 Å². The monoisotopic (exact) mass is 317 g/mol. The molecule has 0 bridgehead atoms. The van der Waals surface area contributed by atoms with E-state index in [1.165, 1.54) is 12.1 Å². The van der Waals surface area contributed by atoms with Crippen molar-refractivity contribution in [1.29, 1.82) is 5.26 Å². The molecule has 0 spiro atoms. The SMILES string of the molecule is Cc1cc2nc(/C(C#N)=C\c3ccc(C(=O)O)cc3)[nH]c2cc1C. The van der Waals surface area contributed by atoms with Gasteiger partial charge >= 0.3 is 5.97 Å². The summed E-state index contributed by atoms with van der Waals surface area (Å²) in [4.78, 5) is 18.5. The molecule has 0 amide bonds. The summed E-state index contributed by atoms with van der Waals surface area (Å²) >= 11 is 0. The van der Waals surface area contributed by atoms with Gasteiger partial charge in [0.25, 0.3) is 0 Å². The standard InChI is InChI=1S/C19H15N3O2/c1-11-7-16-17(8-12(11)2)22-18(21-16)15(10-20)9-13-3-5-14(6-4-13)19(23)24/h3-9H,1-2H3,(H,21,22)(H,23,24)/b15-9-. The van der Waals surface area contributed by atoms with E-state index in [1.54, 1.807) is 18.2 Å². The number of nitrogens with zero attached hydrogens (tertiary/aromatic N) is 2. The highest BCUT2D eigenvalue weighted by Crippen LogP contribution is 2.22. The summed E-state index contributed by atoms with van der Waals surface area (Å²) in [5.74, 6) is -0.478. The number of aromatic nitrogens is 2. The van der Waals surface area contributed by atoms with Crippen LogP contribution in [0, 0.1) is 25.2 Å². The van der Waals surface area contributed by atoms with Crippen LogP contribution in [0.25, 0.3) is 22.7 Å². The van der Waals surface area contributed by atoms with Crippen molar-refractivity contribution >= 4 is 28.7 Å². The molecule has 0 saturated heterocycles. The number of hydrogen-bond acceptors (Lipinski definition) is 3. The molecule has 2 N–H and O–H groups in total. The van der Waals surface area contributed by atoms with Gasteiger partial charge in [0, 0.05) is 0 Å². The fourth-order valence-corrected chi connectivity index (χ4v) is 2.44. The molecule has 3 rings (SSSR count). The Kier molecular flexibility index (Phi) is 3.88. The number of benzene rings is 2. The number of aromatic carboxylic acids is 1. The fourth-order valence-electron chi connectivity index (χ4n) is 2.44. The van der Waals surface area contributed by atoms with E-state index in [0.717, 1.165) is 27.7 Å². The van der Waals surface area contributed by atoms with E-state index < -0.39 is 5.97 Å². The lowest BCUT2D eigenvalue weighted by molar-refractivity contribution is 0.0697. The van der Waals surface area contributed by atoms with Gasteiger partial charge in [-0.05, 0) is 60.9 Å². The number of fused-ring (bicyclic) bond motifs is 1. The number of hydrogen-bond donors (Lipinski definition) is 2. The molecule has 3 aromatic rings. The van der Waals surface area contributed by atoms with Gasteiger partial charge in [-0.25, -0.2) is 9.78 Å². The number of nitrogens with one attached hydrogen (secondary N) is 1. The number of carboxylic acid groups (broad SMARTS) is 1. The van der Waals surface area contributed by atoms with Gasteiger partial charge in [0.05, 0.1) is 22.2 Å². The maximum Gasteiger partial charge on any atom is 0.335 e. The first-order valence-electron chi connectivity index (χ1n) is 7.40. The van der Waals surface area contributed by atoms with E-state index in [-0.39, 0.29) is 5.56 Å². The molecule has 0 aliphatic heterocycles. The second-order valence-corrected chi connectivity index (χ2v) is 5.64. The topological polar surface area (TPSA) is 89.8 Å². The number of carbonyl (C=O) groups is 1. The minimum absolute atomic E-state index is 0.209. The number of H-pyrrole nitrogens is 1. The Hall–Kier alpha value is -3.39. The van der Waals surface area contributed by atoms with Crippen LogP contribution >= 0.6 is 0 Å². The van der Waals surface area contributed by atoms with E-state index in [4.69, 9.17) is 5.11 Å². The predicted molar refractivity (Wildman–Crippen MR) is 92.5 cm³/mol. The van der Waals surface area contributed by atoms with Crippen molar-refractivity contribution in [2.45, 2.75) is 13.8 Å². The van der Waals surface area contributed by atoms with Gasteiger partial charge in [0.2, 0.25) is 0 Å². The van der Waals surface area contributed by atoms with Crippen LogP contribution in [-0.4, -0.2) is 21.0 Å². The summed E-state index contributed by atoms with van der Waals surface area (Å²) < 4.78 is 0. The normalized spacial score (nSPS) is 11.5. The molecule has 0 unspecified atom stereocenters. The first kappa shape index (κ1) is 15.5. The van der Waals surface area contributed by atoms with Crippen molar-refractivity contribution in [3.63, 3.8) is 0 Å². The molecule has 5 nitrogen and oxygen atoms in total. The molecule has 2 aromatic carbocycles. The summed E-state index contributed by atoms with van der Waals surface area (Å²) in [5, 5.41) is 18.4. The molecule has 118 valence electrons. The molecular formula is C19H15N3O2. The van der Waals surface area contributed by atoms with Crippen LogP contribution in [0.4, 0.5) is 0 Å². The lowest BCUT2D eigenvalue weighted by Gasteiger charge is -1.97. The summed E-state index contributed by atoms with van der Waals surface area (Å²) in [5.41, 5.74) is 5.34. The van der Waals surface area contributed by atoms with Gasteiger partial charge in [0.15, 0.2) is 0 Å². The maximum atomic E-state index is 10.9. The number of aryl methyl sites for hydroxylation is 2. The van der Waals surface area contributed by atoms with E-state index in [2.05, 4.69) is 16.0 Å². The summed E-state index contributed by atoms with van der Waals surface area (Å²) in [6, 6.07) is 12.5. The largest absolute Gasteiger partial charge is 0.478 e. The third-order valence-electron chi connectivity index (χ3n) is 3.94. The second-order valence-electron chi connectivity index (χ2n) is 5.64. The molecule has 0 aliphatic carbocycles. The third kappa shape index (κ3) is 2.90. The number of carboxylic acids is 1. The molecule has 1 aromatic heterocycles. The molecule has 24 heavy (non-hydrogen) atoms. The minimum Gasteiger partial charge on any atom is -0.478 e. The Morgan fingerprint density at radius 3 is 2.50 bits per heavy atom.